The van der Waals surface area contributed by atoms with Crippen molar-refractivity contribution in [3.63, 3.8) is 0 Å². The number of nitro groups is 1. The first-order valence-corrected chi connectivity index (χ1v) is 9.06. The van der Waals surface area contributed by atoms with Crippen molar-refractivity contribution in [3.05, 3.63) is 63.2 Å². The summed E-state index contributed by atoms with van der Waals surface area (Å²) in [6, 6.07) is 11.2. The van der Waals surface area contributed by atoms with Crippen LogP contribution in [0.4, 0.5) is 11.4 Å². The fourth-order valence-electron chi connectivity index (χ4n) is 2.07. The first-order valence-electron chi connectivity index (χ1n) is 7.69. The molecule has 0 heterocycles. The molecule has 0 aliphatic heterocycles. The highest BCUT2D eigenvalue weighted by molar-refractivity contribution is 7.99. The van der Waals surface area contributed by atoms with Crippen molar-refractivity contribution in [2.45, 2.75) is 17.7 Å². The van der Waals surface area contributed by atoms with Crippen LogP contribution in [0.2, 0.25) is 5.02 Å². The molecule has 0 bridgehead atoms. The second kappa shape index (κ2) is 9.41. The van der Waals surface area contributed by atoms with Crippen molar-refractivity contribution >= 4 is 40.6 Å². The van der Waals surface area contributed by atoms with Gasteiger partial charge in [-0.25, -0.2) is 0 Å². The summed E-state index contributed by atoms with van der Waals surface area (Å²) in [5, 5.41) is 13.7. The molecule has 8 heteroatoms. The van der Waals surface area contributed by atoms with Crippen LogP contribution in [0.5, 0.6) is 0 Å². The van der Waals surface area contributed by atoms with Crippen molar-refractivity contribution in [2.24, 2.45) is 5.73 Å². The number of hydrogen-bond donors (Lipinski definition) is 2. The van der Waals surface area contributed by atoms with E-state index >= 15 is 0 Å². The molecule has 3 N–H and O–H groups in total. The Morgan fingerprint density at radius 3 is 2.56 bits per heavy atom. The smallest absolute Gasteiger partial charge is 0.270 e. The Labute approximate surface area is 154 Å². The van der Waals surface area contributed by atoms with E-state index in [2.05, 4.69) is 5.32 Å². The van der Waals surface area contributed by atoms with Crippen LogP contribution in [-0.4, -0.2) is 23.1 Å². The molecule has 0 aliphatic carbocycles. The van der Waals surface area contributed by atoms with Gasteiger partial charge in [0, 0.05) is 22.7 Å². The van der Waals surface area contributed by atoms with Gasteiger partial charge in [0.05, 0.1) is 15.5 Å². The number of rotatable bonds is 8. The Hall–Kier alpha value is -2.09. The first-order chi connectivity index (χ1) is 12.0. The molecule has 0 aromatic heterocycles. The third-order valence-electron chi connectivity index (χ3n) is 3.38. The number of carbonyl (C=O) groups is 1. The zero-order valence-electron chi connectivity index (χ0n) is 13.4. The number of anilines is 1. The van der Waals surface area contributed by atoms with Crippen molar-refractivity contribution in [1.29, 1.82) is 0 Å². The van der Waals surface area contributed by atoms with Gasteiger partial charge in [0.1, 0.15) is 0 Å². The predicted molar refractivity (Wildman–Crippen MR) is 102 cm³/mol. The summed E-state index contributed by atoms with van der Waals surface area (Å²) >= 11 is 7.70. The fourth-order valence-corrected chi connectivity index (χ4v) is 3.19. The standard InChI is InChI=1S/C17H18ClN3O3S/c18-16-8-5-13(21(23)24)11-15(16)17(22)20-12-3-6-14(7-4-12)25-10-2-1-9-19/h3-8,11H,1-2,9-10,19H2,(H,20,22). The number of benzene rings is 2. The minimum atomic E-state index is -0.566. The van der Waals surface area contributed by atoms with E-state index in [1.54, 1.807) is 23.9 Å². The molecule has 0 atom stereocenters. The summed E-state index contributed by atoms with van der Waals surface area (Å²) in [5.41, 5.74) is 5.94. The van der Waals surface area contributed by atoms with Crippen LogP contribution in [0.25, 0.3) is 0 Å². The van der Waals surface area contributed by atoms with E-state index in [9.17, 15) is 14.9 Å². The number of halogens is 1. The Morgan fingerprint density at radius 1 is 1.20 bits per heavy atom. The van der Waals surface area contributed by atoms with Crippen LogP contribution < -0.4 is 11.1 Å². The highest BCUT2D eigenvalue weighted by Gasteiger charge is 2.16. The van der Waals surface area contributed by atoms with Crippen LogP contribution >= 0.6 is 23.4 Å². The number of nitro benzene ring substituents is 1. The minimum Gasteiger partial charge on any atom is -0.330 e. The molecule has 6 nitrogen and oxygen atoms in total. The molecule has 1 amide bonds. The number of carbonyl (C=O) groups excluding carboxylic acids is 1. The van der Waals surface area contributed by atoms with E-state index in [1.807, 2.05) is 12.1 Å². The number of nitrogens with two attached hydrogens (primary N) is 1. The Kier molecular flexibility index (Phi) is 7.24. The van der Waals surface area contributed by atoms with Crippen molar-refractivity contribution in [2.75, 3.05) is 17.6 Å². The number of hydrogen-bond acceptors (Lipinski definition) is 5. The highest BCUT2D eigenvalue weighted by Crippen LogP contribution is 2.24. The lowest BCUT2D eigenvalue weighted by molar-refractivity contribution is -0.384. The van der Waals surface area contributed by atoms with E-state index in [1.165, 1.54) is 18.2 Å². The van der Waals surface area contributed by atoms with Gasteiger partial charge in [0.15, 0.2) is 0 Å². The number of nitrogens with zero attached hydrogens (tertiary/aromatic N) is 1. The minimum absolute atomic E-state index is 0.0658. The molecule has 2 aromatic rings. The van der Waals surface area contributed by atoms with Gasteiger partial charge in [-0.15, -0.1) is 11.8 Å². The maximum absolute atomic E-state index is 12.3. The second-order valence-electron chi connectivity index (χ2n) is 5.24. The topological polar surface area (TPSA) is 98.3 Å². The lowest BCUT2D eigenvalue weighted by Gasteiger charge is -2.08. The monoisotopic (exact) mass is 379 g/mol. The van der Waals surface area contributed by atoms with Crippen LogP contribution in [0, 0.1) is 10.1 Å². The van der Waals surface area contributed by atoms with Gasteiger partial charge >= 0.3 is 0 Å². The normalized spacial score (nSPS) is 10.5. The number of thioether (sulfide) groups is 1. The largest absolute Gasteiger partial charge is 0.330 e. The van der Waals surface area contributed by atoms with Gasteiger partial charge in [-0.05, 0) is 55.5 Å². The molecule has 0 saturated heterocycles. The third kappa shape index (κ3) is 5.74. The van der Waals surface area contributed by atoms with E-state index in [-0.39, 0.29) is 16.3 Å². The Morgan fingerprint density at radius 2 is 1.92 bits per heavy atom. The molecule has 0 radical (unpaired) electrons. The Bertz CT molecular complexity index is 753. The summed E-state index contributed by atoms with van der Waals surface area (Å²) in [4.78, 5) is 23.7. The summed E-state index contributed by atoms with van der Waals surface area (Å²) in [6.07, 6.45) is 2.07. The van der Waals surface area contributed by atoms with Gasteiger partial charge in [-0.2, -0.15) is 0 Å². The Balaban J connectivity index is 2.01. The van der Waals surface area contributed by atoms with E-state index in [0.717, 1.165) is 23.5 Å². The van der Waals surface area contributed by atoms with Gasteiger partial charge < -0.3 is 11.1 Å². The molecule has 132 valence electrons. The van der Waals surface area contributed by atoms with Gasteiger partial charge in [0.25, 0.3) is 11.6 Å². The van der Waals surface area contributed by atoms with E-state index in [4.69, 9.17) is 17.3 Å². The van der Waals surface area contributed by atoms with Gasteiger partial charge in [-0.3, -0.25) is 14.9 Å². The maximum atomic E-state index is 12.3. The maximum Gasteiger partial charge on any atom is 0.270 e. The molecule has 0 unspecified atom stereocenters. The zero-order chi connectivity index (χ0) is 18.2. The summed E-state index contributed by atoms with van der Waals surface area (Å²) in [6.45, 7) is 0.700. The number of non-ortho nitro benzene ring substituents is 1. The molecule has 25 heavy (non-hydrogen) atoms. The summed E-state index contributed by atoms with van der Waals surface area (Å²) < 4.78 is 0. The first kappa shape index (κ1) is 19.2. The molecule has 2 aromatic carbocycles. The molecule has 0 aliphatic rings. The SMILES string of the molecule is NCCCCSc1ccc(NC(=O)c2cc([N+](=O)[O-])ccc2Cl)cc1. The van der Waals surface area contributed by atoms with E-state index in [0.29, 0.717) is 12.2 Å². The van der Waals surface area contributed by atoms with Crippen molar-refractivity contribution in [1.82, 2.24) is 0 Å². The molecule has 0 fully saturated rings. The van der Waals surface area contributed by atoms with Crippen molar-refractivity contribution in [3.8, 4) is 0 Å². The molecule has 0 spiro atoms. The highest BCUT2D eigenvalue weighted by atomic mass is 35.5. The molecule has 2 rings (SSSR count). The van der Waals surface area contributed by atoms with Crippen LogP contribution in [0.3, 0.4) is 0 Å². The average molecular weight is 380 g/mol. The second-order valence-corrected chi connectivity index (χ2v) is 6.82. The van der Waals surface area contributed by atoms with Crippen LogP contribution in [-0.2, 0) is 0 Å². The van der Waals surface area contributed by atoms with Crippen LogP contribution in [0.1, 0.15) is 23.2 Å². The summed E-state index contributed by atoms with van der Waals surface area (Å²) in [5.74, 6) is 0.503. The van der Waals surface area contributed by atoms with Crippen molar-refractivity contribution < 1.29 is 9.72 Å². The lowest BCUT2D eigenvalue weighted by Crippen LogP contribution is -2.12. The number of amides is 1. The molecular formula is C17H18ClN3O3S. The quantitative estimate of drug-likeness (QED) is 0.308. The number of unbranched alkanes of at least 4 members (excludes halogenated alkanes) is 1. The van der Waals surface area contributed by atoms with Gasteiger partial charge in [-0.1, -0.05) is 11.6 Å². The van der Waals surface area contributed by atoms with E-state index < -0.39 is 10.8 Å². The average Bonchev–Trinajstić information content (AvgIpc) is 2.60. The van der Waals surface area contributed by atoms with Crippen LogP contribution in [0.15, 0.2) is 47.4 Å². The molecule has 0 saturated carbocycles. The van der Waals surface area contributed by atoms with Gasteiger partial charge in [0.2, 0.25) is 0 Å². The fraction of sp³-hybridized carbons (Fsp3) is 0.235. The predicted octanol–water partition coefficient (Wildman–Crippen LogP) is 4.33. The third-order valence-corrected chi connectivity index (χ3v) is 4.81. The summed E-state index contributed by atoms with van der Waals surface area (Å²) in [7, 11) is 0. The molecular weight excluding hydrogens is 362 g/mol. The number of nitrogens with one attached hydrogen (secondary N) is 1. The zero-order valence-corrected chi connectivity index (χ0v) is 15.0. The lowest BCUT2D eigenvalue weighted by atomic mass is 10.2.